The van der Waals surface area contributed by atoms with Crippen molar-refractivity contribution in [2.75, 3.05) is 9.80 Å². The van der Waals surface area contributed by atoms with Gasteiger partial charge >= 0.3 is 0 Å². The maximum atomic E-state index is 6.27. The number of furan rings is 1. The minimum absolute atomic E-state index is 0.865. The molecule has 0 unspecified atom stereocenters. The van der Waals surface area contributed by atoms with Crippen molar-refractivity contribution in [3.05, 3.63) is 205 Å². The molecule has 0 atom stereocenters. The number of anilines is 6. The zero-order valence-corrected chi connectivity index (χ0v) is 29.8. The average Bonchev–Trinajstić information content (AvgIpc) is 3.58. The van der Waals surface area contributed by atoms with E-state index in [0.717, 1.165) is 82.8 Å². The minimum Gasteiger partial charge on any atom is -0.456 e. The van der Waals surface area contributed by atoms with Crippen molar-refractivity contribution in [1.29, 1.82) is 0 Å². The summed E-state index contributed by atoms with van der Waals surface area (Å²) in [4.78, 5) is 4.72. The summed E-state index contributed by atoms with van der Waals surface area (Å²) in [5.74, 6) is 0. The van der Waals surface area contributed by atoms with Crippen LogP contribution >= 0.6 is 15.9 Å². The molecule has 8 aromatic carbocycles. The van der Waals surface area contributed by atoms with E-state index in [4.69, 9.17) is 4.42 Å². The van der Waals surface area contributed by atoms with Gasteiger partial charge in [-0.05, 0) is 77.9 Å². The second kappa shape index (κ2) is 13.7. The summed E-state index contributed by atoms with van der Waals surface area (Å²) < 4.78 is 7.24. The van der Waals surface area contributed by atoms with Gasteiger partial charge in [0, 0.05) is 49.1 Å². The number of halogens is 1. The van der Waals surface area contributed by atoms with Crippen LogP contribution in [0.4, 0.5) is 34.1 Å². The molecule has 0 N–H and O–H groups in total. The zero-order valence-electron chi connectivity index (χ0n) is 28.2. The molecule has 0 fully saturated rings. The normalized spacial score (nSPS) is 11.2. The molecule has 0 amide bonds. The highest BCUT2D eigenvalue weighted by Gasteiger charge is 2.23. The minimum atomic E-state index is 0.865. The van der Waals surface area contributed by atoms with Gasteiger partial charge < -0.3 is 14.2 Å². The Labute approximate surface area is 311 Å². The average molecular weight is 734 g/mol. The topological polar surface area (TPSA) is 19.6 Å². The van der Waals surface area contributed by atoms with E-state index in [1.54, 1.807) is 0 Å². The molecule has 0 aliphatic rings. The summed E-state index contributed by atoms with van der Waals surface area (Å²) >= 11 is 3.96. The smallest absolute Gasteiger partial charge is 0.135 e. The fourth-order valence-electron chi connectivity index (χ4n) is 7.16. The van der Waals surface area contributed by atoms with E-state index >= 15 is 0 Å². The van der Waals surface area contributed by atoms with E-state index in [9.17, 15) is 0 Å². The SMILES string of the molecule is Brc1cc(N(c2ccccc2)c2ccccc2-c2ccccc2)cc(N(c2ccc3oc4ccccc4c3c2)c2ccccc2-c2ccccc2)c1. The fraction of sp³-hybridized carbons (Fsp3) is 0. The molecule has 9 rings (SSSR count). The number of para-hydroxylation sites is 4. The standard InChI is InChI=1S/C48H33BrN2O/c49-36-30-39(50(37-20-8-3-9-21-37)45-25-13-10-22-41(45)34-16-4-1-5-17-34)32-40(31-36)51(46-26-14-11-23-42(46)35-18-6-2-7-19-35)38-28-29-48-44(33-38)43-24-12-15-27-47(43)52-48/h1-33H. The highest BCUT2D eigenvalue weighted by molar-refractivity contribution is 9.10. The number of benzene rings is 8. The number of fused-ring (bicyclic) bond motifs is 3. The molecule has 9 aromatic rings. The molecular weight excluding hydrogens is 700 g/mol. The molecular formula is C48H33BrN2O. The van der Waals surface area contributed by atoms with Crippen LogP contribution in [0.3, 0.4) is 0 Å². The van der Waals surface area contributed by atoms with Gasteiger partial charge in [0.1, 0.15) is 11.2 Å². The van der Waals surface area contributed by atoms with Crippen LogP contribution < -0.4 is 9.80 Å². The first-order valence-electron chi connectivity index (χ1n) is 17.4. The molecule has 4 heteroatoms. The van der Waals surface area contributed by atoms with Gasteiger partial charge in [0.15, 0.2) is 0 Å². The van der Waals surface area contributed by atoms with E-state index in [1.807, 2.05) is 12.1 Å². The molecule has 0 aliphatic carbocycles. The Balaban J connectivity index is 1.29. The van der Waals surface area contributed by atoms with Crippen molar-refractivity contribution in [1.82, 2.24) is 0 Å². The van der Waals surface area contributed by atoms with E-state index in [2.05, 4.69) is 214 Å². The summed E-state index contributed by atoms with van der Waals surface area (Å²) in [7, 11) is 0. The Morgan fingerprint density at radius 3 is 1.44 bits per heavy atom. The summed E-state index contributed by atoms with van der Waals surface area (Å²) in [6.07, 6.45) is 0. The second-order valence-electron chi connectivity index (χ2n) is 12.7. The van der Waals surface area contributed by atoms with Gasteiger partial charge in [0.05, 0.1) is 11.4 Å². The van der Waals surface area contributed by atoms with Gasteiger partial charge in [0.25, 0.3) is 0 Å². The quantitative estimate of drug-likeness (QED) is 0.155. The Bertz CT molecular complexity index is 2650. The number of hydrogen-bond acceptors (Lipinski definition) is 3. The molecule has 0 saturated heterocycles. The molecule has 1 aromatic heterocycles. The van der Waals surface area contributed by atoms with E-state index in [-0.39, 0.29) is 0 Å². The zero-order chi connectivity index (χ0) is 34.9. The lowest BCUT2D eigenvalue weighted by atomic mass is 10.0. The first-order valence-corrected chi connectivity index (χ1v) is 18.2. The largest absolute Gasteiger partial charge is 0.456 e. The van der Waals surface area contributed by atoms with Crippen molar-refractivity contribution in [2.45, 2.75) is 0 Å². The highest BCUT2D eigenvalue weighted by atomic mass is 79.9. The van der Waals surface area contributed by atoms with Gasteiger partial charge in [-0.3, -0.25) is 0 Å². The van der Waals surface area contributed by atoms with Crippen LogP contribution in [-0.4, -0.2) is 0 Å². The maximum absolute atomic E-state index is 6.27. The molecule has 0 saturated carbocycles. The van der Waals surface area contributed by atoms with Gasteiger partial charge in [0.2, 0.25) is 0 Å². The summed E-state index contributed by atoms with van der Waals surface area (Å²) in [6.45, 7) is 0. The highest BCUT2D eigenvalue weighted by Crippen LogP contribution is 2.47. The fourth-order valence-corrected chi connectivity index (χ4v) is 7.63. The van der Waals surface area contributed by atoms with Crippen molar-refractivity contribution in [3.8, 4) is 22.3 Å². The van der Waals surface area contributed by atoms with Crippen LogP contribution in [-0.2, 0) is 0 Å². The Hall–Kier alpha value is -6.36. The van der Waals surface area contributed by atoms with E-state index in [1.165, 1.54) is 0 Å². The molecule has 0 radical (unpaired) electrons. The molecule has 0 spiro atoms. The molecule has 0 aliphatic heterocycles. The van der Waals surface area contributed by atoms with Gasteiger partial charge in [-0.2, -0.15) is 0 Å². The van der Waals surface area contributed by atoms with Crippen LogP contribution in [0.2, 0.25) is 0 Å². The van der Waals surface area contributed by atoms with Crippen LogP contribution in [0.25, 0.3) is 44.2 Å². The molecule has 52 heavy (non-hydrogen) atoms. The summed E-state index contributed by atoms with van der Waals surface area (Å²) in [6, 6.07) is 70.5. The second-order valence-corrected chi connectivity index (χ2v) is 13.6. The lowest BCUT2D eigenvalue weighted by Crippen LogP contribution is -2.14. The molecule has 3 nitrogen and oxygen atoms in total. The predicted octanol–water partition coefficient (Wildman–Crippen LogP) is 14.6. The third-order valence-corrected chi connectivity index (χ3v) is 9.93. The van der Waals surface area contributed by atoms with E-state index < -0.39 is 0 Å². The first kappa shape index (κ1) is 31.6. The summed E-state index contributed by atoms with van der Waals surface area (Å²) in [5, 5.41) is 2.17. The van der Waals surface area contributed by atoms with Crippen molar-refractivity contribution >= 4 is 72.0 Å². The third-order valence-electron chi connectivity index (χ3n) is 9.48. The van der Waals surface area contributed by atoms with Crippen LogP contribution in [0, 0.1) is 0 Å². The lowest BCUT2D eigenvalue weighted by Gasteiger charge is -2.31. The molecule has 248 valence electrons. The van der Waals surface area contributed by atoms with Gasteiger partial charge in [-0.25, -0.2) is 0 Å². The third kappa shape index (κ3) is 5.93. The van der Waals surface area contributed by atoms with Crippen LogP contribution in [0.5, 0.6) is 0 Å². The number of rotatable bonds is 8. The van der Waals surface area contributed by atoms with Gasteiger partial charge in [-0.15, -0.1) is 0 Å². The first-order chi connectivity index (χ1) is 25.7. The van der Waals surface area contributed by atoms with Crippen LogP contribution in [0.1, 0.15) is 0 Å². The number of nitrogens with zero attached hydrogens (tertiary/aromatic N) is 2. The maximum Gasteiger partial charge on any atom is 0.135 e. The van der Waals surface area contributed by atoms with Gasteiger partial charge in [-0.1, -0.05) is 149 Å². The van der Waals surface area contributed by atoms with Crippen molar-refractivity contribution in [3.63, 3.8) is 0 Å². The molecule has 1 heterocycles. The number of hydrogen-bond donors (Lipinski definition) is 0. The summed E-state index contributed by atoms with van der Waals surface area (Å²) in [5.41, 5.74) is 12.6. The Kier molecular flexibility index (Phi) is 8.36. The van der Waals surface area contributed by atoms with Crippen molar-refractivity contribution < 1.29 is 4.42 Å². The predicted molar refractivity (Wildman–Crippen MR) is 222 cm³/mol. The van der Waals surface area contributed by atoms with E-state index in [0.29, 0.717) is 0 Å². The monoisotopic (exact) mass is 732 g/mol. The Morgan fingerprint density at radius 1 is 0.346 bits per heavy atom. The molecule has 0 bridgehead atoms. The Morgan fingerprint density at radius 2 is 0.827 bits per heavy atom. The van der Waals surface area contributed by atoms with Crippen LogP contribution in [0.15, 0.2) is 209 Å². The lowest BCUT2D eigenvalue weighted by molar-refractivity contribution is 0.669. The van der Waals surface area contributed by atoms with Crippen molar-refractivity contribution in [2.24, 2.45) is 0 Å².